The monoisotopic (exact) mass is 342 g/mol. The van der Waals surface area contributed by atoms with Gasteiger partial charge in [-0.1, -0.05) is 79.7 Å². The smallest absolute Gasteiger partial charge is 0.0897 e. The van der Waals surface area contributed by atoms with Gasteiger partial charge in [0, 0.05) is 11.1 Å². The van der Waals surface area contributed by atoms with Crippen LogP contribution in [0.25, 0.3) is 22.4 Å². The number of hydrogen-bond donors (Lipinski definition) is 1. The molecule has 3 nitrogen and oxygen atoms in total. The molecule has 0 fully saturated rings. The van der Waals surface area contributed by atoms with Gasteiger partial charge in [0.1, 0.15) is 0 Å². The minimum atomic E-state index is 0.0187. The van der Waals surface area contributed by atoms with Crippen molar-refractivity contribution >= 4 is 5.71 Å². The van der Waals surface area contributed by atoms with E-state index in [1.54, 1.807) is 0 Å². The molecule has 0 atom stereocenters. The van der Waals surface area contributed by atoms with E-state index in [0.29, 0.717) is 0 Å². The second-order valence-electron chi connectivity index (χ2n) is 7.67. The number of aromatic nitrogens is 1. The summed E-state index contributed by atoms with van der Waals surface area (Å²) in [5, 5.41) is 13.3. The first-order valence-corrected chi connectivity index (χ1v) is 8.93. The fourth-order valence-electron chi connectivity index (χ4n) is 3.79. The molecule has 1 heterocycles. The molecular formula is C23H22N2O. The molecule has 2 aromatic carbocycles. The van der Waals surface area contributed by atoms with Gasteiger partial charge in [-0.05, 0) is 35.4 Å². The second kappa shape index (κ2) is 6.41. The standard InChI is InChI=1S/C23H22N2O/c1-23(2)14-20-22(21(15-23)25-26)18(16-9-5-3-6-10-16)13-19(24-20)17-11-7-4-8-12-17/h3-13,26H,14-15H2,1-2H3. The molecule has 3 heteroatoms. The number of hydrogen-bond acceptors (Lipinski definition) is 3. The van der Waals surface area contributed by atoms with E-state index in [1.165, 1.54) is 0 Å². The number of pyridine rings is 1. The first-order chi connectivity index (χ1) is 12.6. The van der Waals surface area contributed by atoms with Crippen molar-refractivity contribution in [2.45, 2.75) is 26.7 Å². The fourth-order valence-corrected chi connectivity index (χ4v) is 3.79. The third-order valence-electron chi connectivity index (χ3n) is 4.95. The van der Waals surface area contributed by atoms with Gasteiger partial charge in [-0.2, -0.15) is 0 Å². The van der Waals surface area contributed by atoms with E-state index < -0.39 is 0 Å². The van der Waals surface area contributed by atoms with Gasteiger partial charge in [-0.3, -0.25) is 4.98 Å². The van der Waals surface area contributed by atoms with Crippen LogP contribution in [-0.2, 0) is 6.42 Å². The molecule has 130 valence electrons. The lowest BCUT2D eigenvalue weighted by Gasteiger charge is -2.32. The Bertz CT molecular complexity index is 960. The SMILES string of the molecule is CC1(C)CC(=NO)c2c(-c3ccccc3)cc(-c3ccccc3)nc2C1. The van der Waals surface area contributed by atoms with E-state index in [4.69, 9.17) is 4.98 Å². The van der Waals surface area contributed by atoms with Crippen LogP contribution in [0.5, 0.6) is 0 Å². The van der Waals surface area contributed by atoms with Crippen molar-refractivity contribution in [2.24, 2.45) is 10.6 Å². The normalized spacial score (nSPS) is 17.1. The van der Waals surface area contributed by atoms with Crippen LogP contribution in [-0.4, -0.2) is 15.9 Å². The number of nitrogens with zero attached hydrogens (tertiary/aromatic N) is 2. The molecule has 26 heavy (non-hydrogen) atoms. The predicted molar refractivity (Wildman–Crippen MR) is 106 cm³/mol. The van der Waals surface area contributed by atoms with Crippen LogP contribution < -0.4 is 0 Å². The van der Waals surface area contributed by atoms with Gasteiger partial charge in [-0.25, -0.2) is 0 Å². The Balaban J connectivity index is 2.00. The largest absolute Gasteiger partial charge is 0.411 e. The highest BCUT2D eigenvalue weighted by Gasteiger charge is 2.33. The van der Waals surface area contributed by atoms with Crippen molar-refractivity contribution in [1.82, 2.24) is 4.98 Å². The lowest BCUT2D eigenvalue weighted by molar-refractivity contribution is 0.306. The van der Waals surface area contributed by atoms with Crippen LogP contribution in [0.4, 0.5) is 0 Å². The maximum absolute atomic E-state index is 9.69. The summed E-state index contributed by atoms with van der Waals surface area (Å²) in [6, 6.07) is 22.6. The first kappa shape index (κ1) is 16.5. The molecule has 1 aliphatic rings. The maximum atomic E-state index is 9.69. The van der Waals surface area contributed by atoms with E-state index in [2.05, 4.69) is 49.3 Å². The average molecular weight is 342 g/mol. The topological polar surface area (TPSA) is 45.5 Å². The molecule has 1 N–H and O–H groups in total. The number of fused-ring (bicyclic) bond motifs is 1. The van der Waals surface area contributed by atoms with Gasteiger partial charge >= 0.3 is 0 Å². The van der Waals surface area contributed by atoms with E-state index in [1.807, 2.05) is 36.4 Å². The summed E-state index contributed by atoms with van der Waals surface area (Å²) in [5.41, 5.74) is 6.98. The van der Waals surface area contributed by atoms with Gasteiger partial charge in [0.2, 0.25) is 0 Å². The summed E-state index contributed by atoms with van der Waals surface area (Å²) < 4.78 is 0. The molecule has 1 aliphatic carbocycles. The van der Waals surface area contributed by atoms with Crippen LogP contribution >= 0.6 is 0 Å². The zero-order chi connectivity index (χ0) is 18.1. The summed E-state index contributed by atoms with van der Waals surface area (Å²) in [6.07, 6.45) is 1.60. The third kappa shape index (κ3) is 3.01. The maximum Gasteiger partial charge on any atom is 0.0897 e. The highest BCUT2D eigenvalue weighted by molar-refractivity contribution is 6.08. The van der Waals surface area contributed by atoms with Gasteiger partial charge in [0.05, 0.1) is 17.1 Å². The molecule has 0 saturated carbocycles. The zero-order valence-corrected chi connectivity index (χ0v) is 15.1. The molecule has 1 aromatic heterocycles. The molecule has 0 radical (unpaired) electrons. The van der Waals surface area contributed by atoms with Crippen LogP contribution in [0.1, 0.15) is 31.5 Å². The van der Waals surface area contributed by atoms with Crippen LogP contribution in [0.3, 0.4) is 0 Å². The molecule has 0 unspecified atom stereocenters. The Morgan fingerprint density at radius 1 is 0.885 bits per heavy atom. The first-order valence-electron chi connectivity index (χ1n) is 8.93. The highest BCUT2D eigenvalue weighted by Crippen LogP contribution is 2.40. The van der Waals surface area contributed by atoms with E-state index in [0.717, 1.165) is 52.2 Å². The highest BCUT2D eigenvalue weighted by atomic mass is 16.4. The van der Waals surface area contributed by atoms with Gasteiger partial charge < -0.3 is 5.21 Å². The molecule has 0 aliphatic heterocycles. The van der Waals surface area contributed by atoms with Gasteiger partial charge in [0.25, 0.3) is 0 Å². The minimum Gasteiger partial charge on any atom is -0.411 e. The Morgan fingerprint density at radius 2 is 1.50 bits per heavy atom. The molecule has 4 rings (SSSR count). The lowest BCUT2D eigenvalue weighted by Crippen LogP contribution is -2.29. The van der Waals surface area contributed by atoms with Crippen molar-refractivity contribution in [3.8, 4) is 22.4 Å². The van der Waals surface area contributed by atoms with Crippen LogP contribution in [0, 0.1) is 5.41 Å². The number of oxime groups is 1. The summed E-state index contributed by atoms with van der Waals surface area (Å²) >= 11 is 0. The molecular weight excluding hydrogens is 320 g/mol. The quantitative estimate of drug-likeness (QED) is 0.489. The van der Waals surface area contributed by atoms with Crippen molar-refractivity contribution < 1.29 is 5.21 Å². The van der Waals surface area contributed by atoms with Crippen molar-refractivity contribution in [2.75, 3.05) is 0 Å². The Hall–Kier alpha value is -2.94. The zero-order valence-electron chi connectivity index (χ0n) is 15.1. The second-order valence-corrected chi connectivity index (χ2v) is 7.67. The summed E-state index contributed by atoms with van der Waals surface area (Å²) in [6.45, 7) is 4.39. The van der Waals surface area contributed by atoms with Gasteiger partial charge in [-0.15, -0.1) is 0 Å². The fraction of sp³-hybridized carbons (Fsp3) is 0.217. The summed E-state index contributed by atoms with van der Waals surface area (Å²) in [7, 11) is 0. The van der Waals surface area contributed by atoms with Crippen LogP contribution in [0.2, 0.25) is 0 Å². The summed E-state index contributed by atoms with van der Waals surface area (Å²) in [5.74, 6) is 0. The summed E-state index contributed by atoms with van der Waals surface area (Å²) in [4.78, 5) is 4.97. The Labute approximate surface area is 154 Å². The van der Waals surface area contributed by atoms with E-state index >= 15 is 0 Å². The van der Waals surface area contributed by atoms with Crippen molar-refractivity contribution in [3.63, 3.8) is 0 Å². The van der Waals surface area contributed by atoms with Gasteiger partial charge in [0.15, 0.2) is 0 Å². The molecule has 0 spiro atoms. The number of rotatable bonds is 2. The van der Waals surface area contributed by atoms with Crippen LogP contribution in [0.15, 0.2) is 71.9 Å². The minimum absolute atomic E-state index is 0.0187. The van der Waals surface area contributed by atoms with Crippen molar-refractivity contribution in [3.05, 3.63) is 78.0 Å². The van der Waals surface area contributed by atoms with E-state index in [9.17, 15) is 5.21 Å². The third-order valence-corrected chi connectivity index (χ3v) is 4.95. The average Bonchev–Trinajstić information content (AvgIpc) is 2.67. The Kier molecular flexibility index (Phi) is 4.08. The molecule has 0 saturated heterocycles. The Morgan fingerprint density at radius 3 is 2.12 bits per heavy atom. The van der Waals surface area contributed by atoms with Crippen molar-refractivity contribution in [1.29, 1.82) is 0 Å². The molecule has 0 bridgehead atoms. The predicted octanol–water partition coefficient (Wildman–Crippen LogP) is 5.57. The van der Waals surface area contributed by atoms with E-state index in [-0.39, 0.29) is 5.41 Å². The number of benzene rings is 2. The molecule has 3 aromatic rings. The lowest BCUT2D eigenvalue weighted by atomic mass is 9.73. The molecule has 0 amide bonds.